The summed E-state index contributed by atoms with van der Waals surface area (Å²) in [6, 6.07) is 1.82. The van der Waals surface area contributed by atoms with Crippen molar-refractivity contribution in [3.05, 3.63) is 17.5 Å². The summed E-state index contributed by atoms with van der Waals surface area (Å²) in [5.41, 5.74) is 1.49. The van der Waals surface area contributed by atoms with Crippen LogP contribution in [0.4, 0.5) is 0 Å². The van der Waals surface area contributed by atoms with Crippen LogP contribution in [0.25, 0.3) is 0 Å². The van der Waals surface area contributed by atoms with Gasteiger partial charge in [-0.2, -0.15) is 5.10 Å². The first-order valence-corrected chi connectivity index (χ1v) is 6.65. The summed E-state index contributed by atoms with van der Waals surface area (Å²) in [6.07, 6.45) is 0.812. The van der Waals surface area contributed by atoms with E-state index in [-0.39, 0.29) is 5.91 Å². The molecule has 4 nitrogen and oxygen atoms in total. The average Bonchev–Trinajstić information content (AvgIpc) is 2.69. The number of nitrogens with zero attached hydrogens (tertiary/aromatic N) is 3. The second kappa shape index (κ2) is 6.87. The van der Waals surface area contributed by atoms with Crippen LogP contribution in [0.2, 0.25) is 0 Å². The monoisotopic (exact) mass is 277 g/mol. The lowest BCUT2D eigenvalue weighted by Gasteiger charge is -2.20. The van der Waals surface area contributed by atoms with Gasteiger partial charge in [0.15, 0.2) is 0 Å². The van der Waals surface area contributed by atoms with E-state index in [2.05, 4.69) is 5.10 Å². The molecule has 1 aromatic heterocycles. The van der Waals surface area contributed by atoms with Crippen LogP contribution in [0.1, 0.15) is 23.1 Å². The molecule has 0 saturated heterocycles. The van der Waals surface area contributed by atoms with Gasteiger partial charge in [0.1, 0.15) is 5.69 Å². The fourth-order valence-corrected chi connectivity index (χ4v) is 1.99. The van der Waals surface area contributed by atoms with Crippen LogP contribution in [0.15, 0.2) is 6.07 Å². The predicted molar refractivity (Wildman–Crippen MR) is 69.9 cm³/mol. The molecule has 1 aromatic rings. The average molecular weight is 278 g/mol. The SMILES string of the molecule is CCc1cc(C(=O)N(CCCl)CCCl)n(C)n1. The van der Waals surface area contributed by atoms with Crippen molar-refractivity contribution in [2.45, 2.75) is 13.3 Å². The van der Waals surface area contributed by atoms with Crippen LogP contribution in [0.3, 0.4) is 0 Å². The van der Waals surface area contributed by atoms with E-state index in [4.69, 9.17) is 23.2 Å². The van der Waals surface area contributed by atoms with Crippen molar-refractivity contribution in [3.63, 3.8) is 0 Å². The van der Waals surface area contributed by atoms with Crippen LogP contribution in [0, 0.1) is 0 Å². The van der Waals surface area contributed by atoms with Crippen molar-refractivity contribution in [2.24, 2.45) is 7.05 Å². The Labute approximate surface area is 111 Å². The molecule has 6 heteroatoms. The highest BCUT2D eigenvalue weighted by molar-refractivity contribution is 6.18. The quantitative estimate of drug-likeness (QED) is 0.745. The van der Waals surface area contributed by atoms with Crippen LogP contribution in [-0.4, -0.2) is 45.4 Å². The molecule has 17 heavy (non-hydrogen) atoms. The molecular weight excluding hydrogens is 261 g/mol. The highest BCUT2D eigenvalue weighted by Crippen LogP contribution is 2.08. The molecule has 0 unspecified atom stereocenters. The molecule has 1 rings (SSSR count). The number of carbonyl (C=O) groups is 1. The normalized spacial score (nSPS) is 10.6. The van der Waals surface area contributed by atoms with Gasteiger partial charge in [-0.1, -0.05) is 6.92 Å². The molecular formula is C11H17Cl2N3O. The smallest absolute Gasteiger partial charge is 0.272 e. The van der Waals surface area contributed by atoms with Gasteiger partial charge in [0.2, 0.25) is 0 Å². The van der Waals surface area contributed by atoms with Gasteiger partial charge >= 0.3 is 0 Å². The summed E-state index contributed by atoms with van der Waals surface area (Å²) in [7, 11) is 1.77. The van der Waals surface area contributed by atoms with Gasteiger partial charge in [-0.3, -0.25) is 9.48 Å². The van der Waals surface area contributed by atoms with E-state index in [9.17, 15) is 4.79 Å². The fourth-order valence-electron chi connectivity index (χ4n) is 1.58. The van der Waals surface area contributed by atoms with Gasteiger partial charge in [0, 0.05) is 31.9 Å². The lowest BCUT2D eigenvalue weighted by Crippen LogP contribution is -2.35. The number of halogens is 2. The molecule has 1 amide bonds. The number of hydrogen-bond acceptors (Lipinski definition) is 2. The van der Waals surface area contributed by atoms with E-state index in [1.54, 1.807) is 16.6 Å². The summed E-state index contributed by atoms with van der Waals surface area (Å²) in [4.78, 5) is 13.9. The fraction of sp³-hybridized carbons (Fsp3) is 0.636. The minimum atomic E-state index is -0.0685. The van der Waals surface area contributed by atoms with Gasteiger partial charge in [-0.15, -0.1) is 23.2 Å². The standard InChI is InChI=1S/C11H17Cl2N3O/c1-3-9-8-10(15(2)14-9)11(17)16(6-4-12)7-5-13/h8H,3-7H2,1-2H3. The second-order valence-electron chi connectivity index (χ2n) is 3.67. The minimum absolute atomic E-state index is 0.0685. The zero-order chi connectivity index (χ0) is 12.8. The van der Waals surface area contributed by atoms with Crippen molar-refractivity contribution < 1.29 is 4.79 Å². The second-order valence-corrected chi connectivity index (χ2v) is 4.42. The number of rotatable bonds is 6. The third kappa shape index (κ3) is 3.61. The van der Waals surface area contributed by atoms with Crippen LogP contribution < -0.4 is 0 Å². The molecule has 0 fully saturated rings. The van der Waals surface area contributed by atoms with Crippen molar-refractivity contribution in [1.29, 1.82) is 0 Å². The Morgan fingerprint density at radius 3 is 2.41 bits per heavy atom. The molecule has 0 aromatic carbocycles. The topological polar surface area (TPSA) is 38.1 Å². The minimum Gasteiger partial charge on any atom is -0.335 e. The number of carbonyl (C=O) groups excluding carboxylic acids is 1. The number of amides is 1. The van der Waals surface area contributed by atoms with Crippen LogP contribution >= 0.6 is 23.2 Å². The Morgan fingerprint density at radius 2 is 2.00 bits per heavy atom. The largest absolute Gasteiger partial charge is 0.335 e. The van der Waals surface area contributed by atoms with E-state index in [1.807, 2.05) is 13.0 Å². The maximum absolute atomic E-state index is 12.2. The van der Waals surface area contributed by atoms with Crippen molar-refractivity contribution >= 4 is 29.1 Å². The van der Waals surface area contributed by atoms with Crippen LogP contribution in [0.5, 0.6) is 0 Å². The number of alkyl halides is 2. The number of hydrogen-bond donors (Lipinski definition) is 0. The van der Waals surface area contributed by atoms with Gasteiger partial charge in [-0.25, -0.2) is 0 Å². The Morgan fingerprint density at radius 1 is 1.41 bits per heavy atom. The van der Waals surface area contributed by atoms with Crippen molar-refractivity contribution in [1.82, 2.24) is 14.7 Å². The maximum Gasteiger partial charge on any atom is 0.272 e. The lowest BCUT2D eigenvalue weighted by atomic mass is 10.3. The molecule has 0 spiro atoms. The van der Waals surface area contributed by atoms with E-state index < -0.39 is 0 Å². The first-order chi connectivity index (χ1) is 8.13. The number of aromatic nitrogens is 2. The van der Waals surface area contributed by atoms with E-state index in [0.29, 0.717) is 30.5 Å². The molecule has 0 radical (unpaired) electrons. The van der Waals surface area contributed by atoms with Gasteiger partial charge < -0.3 is 4.90 Å². The van der Waals surface area contributed by atoms with Crippen molar-refractivity contribution in [2.75, 3.05) is 24.8 Å². The first-order valence-electron chi connectivity index (χ1n) is 5.58. The Balaban J connectivity index is 2.87. The van der Waals surface area contributed by atoms with Gasteiger partial charge in [0.05, 0.1) is 5.69 Å². The van der Waals surface area contributed by atoms with Gasteiger partial charge in [0.25, 0.3) is 5.91 Å². The van der Waals surface area contributed by atoms with Gasteiger partial charge in [-0.05, 0) is 12.5 Å². The summed E-state index contributed by atoms with van der Waals surface area (Å²) in [6.45, 7) is 3.01. The zero-order valence-corrected chi connectivity index (χ0v) is 11.6. The number of aryl methyl sites for hydroxylation is 2. The molecule has 0 bridgehead atoms. The molecule has 0 N–H and O–H groups in total. The summed E-state index contributed by atoms with van der Waals surface area (Å²) < 4.78 is 1.61. The summed E-state index contributed by atoms with van der Waals surface area (Å²) in [5.74, 6) is 0.739. The first kappa shape index (κ1) is 14.3. The van der Waals surface area contributed by atoms with E-state index in [0.717, 1.165) is 12.1 Å². The highest BCUT2D eigenvalue weighted by Gasteiger charge is 2.19. The van der Waals surface area contributed by atoms with E-state index in [1.165, 1.54) is 0 Å². The molecule has 0 aliphatic carbocycles. The lowest BCUT2D eigenvalue weighted by molar-refractivity contribution is 0.0764. The maximum atomic E-state index is 12.2. The molecule has 0 atom stereocenters. The molecule has 0 aliphatic heterocycles. The zero-order valence-electron chi connectivity index (χ0n) is 10.1. The molecule has 0 saturated carbocycles. The third-order valence-electron chi connectivity index (χ3n) is 2.51. The summed E-state index contributed by atoms with van der Waals surface area (Å²) in [5, 5.41) is 4.26. The van der Waals surface area contributed by atoms with Crippen LogP contribution in [-0.2, 0) is 13.5 Å². The molecule has 96 valence electrons. The Kier molecular flexibility index (Phi) is 5.78. The predicted octanol–water partition coefficient (Wildman–Crippen LogP) is 1.90. The Hall–Kier alpha value is -0.740. The Bertz CT molecular complexity index is 373. The molecule has 1 heterocycles. The summed E-state index contributed by atoms with van der Waals surface area (Å²) >= 11 is 11.4. The third-order valence-corrected chi connectivity index (χ3v) is 2.85. The van der Waals surface area contributed by atoms with Crippen molar-refractivity contribution in [3.8, 4) is 0 Å². The highest BCUT2D eigenvalue weighted by atomic mass is 35.5. The van der Waals surface area contributed by atoms with E-state index >= 15 is 0 Å². The molecule has 0 aliphatic rings.